The van der Waals surface area contributed by atoms with Crippen molar-refractivity contribution in [3.05, 3.63) is 57.3 Å². The van der Waals surface area contributed by atoms with Crippen LogP contribution in [0.3, 0.4) is 0 Å². The third-order valence-corrected chi connectivity index (χ3v) is 5.47. The Morgan fingerprint density at radius 1 is 1.26 bits per heavy atom. The molecule has 0 saturated heterocycles. The average Bonchev–Trinajstić information content (AvgIpc) is 3.28. The summed E-state index contributed by atoms with van der Waals surface area (Å²) in [4.78, 5) is 13.3. The number of hydrogen-bond donors (Lipinski definition) is 1. The highest BCUT2D eigenvalue weighted by molar-refractivity contribution is 9.10. The van der Waals surface area contributed by atoms with E-state index in [0.29, 0.717) is 31.8 Å². The molecule has 0 radical (unpaired) electrons. The van der Waals surface area contributed by atoms with E-state index in [4.69, 9.17) is 9.47 Å². The SMILES string of the molecule is COc1ccc(OCCCC(=O)Nc2ccnn2Cc2cc(Br)cs2)cc1. The van der Waals surface area contributed by atoms with Gasteiger partial charge in [0.1, 0.15) is 17.3 Å². The largest absolute Gasteiger partial charge is 0.497 e. The van der Waals surface area contributed by atoms with Crippen LogP contribution in [0, 0.1) is 0 Å². The molecule has 3 rings (SSSR count). The molecule has 2 aromatic heterocycles. The molecule has 0 atom stereocenters. The minimum absolute atomic E-state index is 0.0533. The number of halogens is 1. The Kier molecular flexibility index (Phi) is 6.89. The third-order valence-electron chi connectivity index (χ3n) is 3.79. The first-order chi connectivity index (χ1) is 13.1. The van der Waals surface area contributed by atoms with Gasteiger partial charge >= 0.3 is 0 Å². The zero-order valence-corrected chi connectivity index (χ0v) is 17.3. The zero-order valence-electron chi connectivity index (χ0n) is 14.9. The topological polar surface area (TPSA) is 65.4 Å². The second kappa shape index (κ2) is 9.57. The summed E-state index contributed by atoms with van der Waals surface area (Å²) in [5.41, 5.74) is 0. The van der Waals surface area contributed by atoms with E-state index in [2.05, 4.69) is 32.4 Å². The number of carbonyl (C=O) groups excluding carboxylic acids is 1. The van der Waals surface area contributed by atoms with Crippen LogP contribution in [0.5, 0.6) is 11.5 Å². The molecule has 0 unspecified atom stereocenters. The number of nitrogens with one attached hydrogen (secondary N) is 1. The van der Waals surface area contributed by atoms with Gasteiger partial charge in [0.25, 0.3) is 0 Å². The van der Waals surface area contributed by atoms with E-state index in [1.54, 1.807) is 35.4 Å². The molecule has 142 valence electrons. The second-order valence-corrected chi connectivity index (χ2v) is 7.69. The van der Waals surface area contributed by atoms with Crippen molar-refractivity contribution in [1.82, 2.24) is 9.78 Å². The maximum Gasteiger partial charge on any atom is 0.225 e. The quantitative estimate of drug-likeness (QED) is 0.486. The van der Waals surface area contributed by atoms with Gasteiger partial charge in [0.2, 0.25) is 5.91 Å². The number of aromatic nitrogens is 2. The van der Waals surface area contributed by atoms with Crippen molar-refractivity contribution in [2.24, 2.45) is 0 Å². The molecule has 1 aromatic carbocycles. The molecule has 3 aromatic rings. The van der Waals surface area contributed by atoms with Crippen molar-refractivity contribution in [2.75, 3.05) is 19.0 Å². The van der Waals surface area contributed by atoms with Gasteiger partial charge in [-0.05, 0) is 52.7 Å². The lowest BCUT2D eigenvalue weighted by atomic mass is 10.3. The minimum atomic E-state index is -0.0533. The molecule has 0 aliphatic rings. The van der Waals surface area contributed by atoms with Crippen LogP contribution in [0.15, 0.2) is 52.4 Å². The maximum atomic E-state index is 12.2. The Morgan fingerprint density at radius 2 is 2.04 bits per heavy atom. The van der Waals surface area contributed by atoms with Gasteiger partial charge in [-0.25, -0.2) is 4.68 Å². The first-order valence-corrected chi connectivity index (χ1v) is 10.1. The lowest BCUT2D eigenvalue weighted by molar-refractivity contribution is -0.116. The first kappa shape index (κ1) is 19.4. The maximum absolute atomic E-state index is 12.2. The van der Waals surface area contributed by atoms with Crippen LogP contribution in [0.25, 0.3) is 0 Å². The Morgan fingerprint density at radius 3 is 2.74 bits per heavy atom. The number of ether oxygens (including phenoxy) is 2. The lowest BCUT2D eigenvalue weighted by Crippen LogP contribution is -2.16. The molecule has 1 amide bonds. The predicted octanol–water partition coefficient (Wildman–Crippen LogP) is 4.56. The van der Waals surface area contributed by atoms with Crippen LogP contribution in [-0.2, 0) is 11.3 Å². The molecule has 2 heterocycles. The predicted molar refractivity (Wildman–Crippen MR) is 110 cm³/mol. The number of rotatable bonds is 9. The summed E-state index contributed by atoms with van der Waals surface area (Å²) in [6.07, 6.45) is 2.70. The van der Waals surface area contributed by atoms with E-state index < -0.39 is 0 Å². The monoisotopic (exact) mass is 449 g/mol. The molecule has 6 nitrogen and oxygen atoms in total. The molecule has 8 heteroatoms. The number of hydrogen-bond acceptors (Lipinski definition) is 5. The standard InChI is InChI=1S/C19H20BrN3O3S/c1-25-15-4-6-16(7-5-15)26-10-2-3-19(24)22-18-8-9-21-23(18)12-17-11-14(20)13-27-17/h4-9,11,13H,2-3,10,12H2,1H3,(H,22,24). The normalized spacial score (nSPS) is 10.6. The molecular weight excluding hydrogens is 430 g/mol. The molecule has 0 fully saturated rings. The van der Waals surface area contributed by atoms with E-state index in [1.807, 2.05) is 29.6 Å². The Bertz CT molecular complexity index is 876. The van der Waals surface area contributed by atoms with E-state index >= 15 is 0 Å². The van der Waals surface area contributed by atoms with Crippen LogP contribution in [0.1, 0.15) is 17.7 Å². The highest BCUT2D eigenvalue weighted by Crippen LogP contribution is 2.22. The summed E-state index contributed by atoms with van der Waals surface area (Å²) in [7, 11) is 1.62. The van der Waals surface area contributed by atoms with Gasteiger partial charge in [-0.1, -0.05) is 0 Å². The zero-order chi connectivity index (χ0) is 19.1. The number of nitrogens with zero attached hydrogens (tertiary/aromatic N) is 2. The number of anilines is 1. The first-order valence-electron chi connectivity index (χ1n) is 8.45. The van der Waals surface area contributed by atoms with Crippen molar-refractivity contribution in [1.29, 1.82) is 0 Å². The van der Waals surface area contributed by atoms with Crippen LogP contribution in [0.2, 0.25) is 0 Å². The second-order valence-electron chi connectivity index (χ2n) is 5.78. The number of amides is 1. The van der Waals surface area contributed by atoms with Crippen molar-refractivity contribution in [3.8, 4) is 11.5 Å². The van der Waals surface area contributed by atoms with Gasteiger partial charge in [0.15, 0.2) is 0 Å². The molecule has 0 aliphatic heterocycles. The highest BCUT2D eigenvalue weighted by Gasteiger charge is 2.09. The number of carbonyl (C=O) groups is 1. The Hall–Kier alpha value is -2.32. The Balaban J connectivity index is 1.42. The van der Waals surface area contributed by atoms with Crippen LogP contribution in [-0.4, -0.2) is 29.4 Å². The summed E-state index contributed by atoms with van der Waals surface area (Å²) >= 11 is 5.09. The molecule has 0 saturated carbocycles. The van der Waals surface area contributed by atoms with Gasteiger partial charge in [-0.15, -0.1) is 11.3 Å². The molecule has 27 heavy (non-hydrogen) atoms. The Labute approximate surface area is 170 Å². The summed E-state index contributed by atoms with van der Waals surface area (Å²) in [5.74, 6) is 2.19. The van der Waals surface area contributed by atoms with Gasteiger partial charge in [0.05, 0.1) is 26.5 Å². The minimum Gasteiger partial charge on any atom is -0.497 e. The number of benzene rings is 1. The fourth-order valence-corrected chi connectivity index (χ4v) is 3.88. The number of methoxy groups -OCH3 is 1. The summed E-state index contributed by atoms with van der Waals surface area (Å²) in [6.45, 7) is 1.10. The van der Waals surface area contributed by atoms with Gasteiger partial charge in [0, 0.05) is 27.2 Å². The molecular formula is C19H20BrN3O3S. The van der Waals surface area contributed by atoms with Crippen molar-refractivity contribution < 1.29 is 14.3 Å². The highest BCUT2D eigenvalue weighted by atomic mass is 79.9. The fraction of sp³-hybridized carbons (Fsp3) is 0.263. The summed E-state index contributed by atoms with van der Waals surface area (Å²) < 4.78 is 13.6. The van der Waals surface area contributed by atoms with Crippen LogP contribution < -0.4 is 14.8 Å². The third kappa shape index (κ3) is 5.83. The van der Waals surface area contributed by atoms with E-state index in [9.17, 15) is 4.79 Å². The molecule has 0 aliphatic carbocycles. The lowest BCUT2D eigenvalue weighted by Gasteiger charge is -2.09. The van der Waals surface area contributed by atoms with Gasteiger partial charge in [-0.2, -0.15) is 5.10 Å². The van der Waals surface area contributed by atoms with Crippen molar-refractivity contribution in [3.63, 3.8) is 0 Å². The molecule has 1 N–H and O–H groups in total. The van der Waals surface area contributed by atoms with Crippen molar-refractivity contribution >= 4 is 39.0 Å². The number of thiophene rings is 1. The van der Waals surface area contributed by atoms with Crippen molar-refractivity contribution in [2.45, 2.75) is 19.4 Å². The van der Waals surface area contributed by atoms with Crippen LogP contribution in [0.4, 0.5) is 5.82 Å². The summed E-state index contributed by atoms with van der Waals surface area (Å²) in [6, 6.07) is 11.2. The van der Waals surface area contributed by atoms with E-state index in [0.717, 1.165) is 20.8 Å². The smallest absolute Gasteiger partial charge is 0.225 e. The van der Waals surface area contributed by atoms with E-state index in [-0.39, 0.29) is 5.91 Å². The van der Waals surface area contributed by atoms with E-state index in [1.165, 1.54) is 0 Å². The van der Waals surface area contributed by atoms with Gasteiger partial charge in [-0.3, -0.25) is 4.79 Å². The molecule has 0 bridgehead atoms. The molecule has 0 spiro atoms. The van der Waals surface area contributed by atoms with Gasteiger partial charge < -0.3 is 14.8 Å². The summed E-state index contributed by atoms with van der Waals surface area (Å²) in [5, 5.41) is 9.22. The fourth-order valence-electron chi connectivity index (χ4n) is 2.45. The average molecular weight is 450 g/mol. The van der Waals surface area contributed by atoms with Crippen LogP contribution >= 0.6 is 27.3 Å².